The zero-order valence-electron chi connectivity index (χ0n) is 13.4. The van der Waals surface area contributed by atoms with Crippen molar-refractivity contribution >= 4 is 23.3 Å². The maximum atomic E-state index is 12.4. The number of carbonyl (C=O) groups excluding carboxylic acids is 2. The van der Waals surface area contributed by atoms with Crippen molar-refractivity contribution in [3.8, 4) is 0 Å². The second-order valence-electron chi connectivity index (χ2n) is 5.32. The summed E-state index contributed by atoms with van der Waals surface area (Å²) >= 11 is 0. The zero-order valence-corrected chi connectivity index (χ0v) is 13.4. The first kappa shape index (κ1) is 16.5. The first-order chi connectivity index (χ1) is 11.0. The van der Waals surface area contributed by atoms with Crippen LogP contribution in [0.1, 0.15) is 17.3 Å². The van der Waals surface area contributed by atoms with Crippen LogP contribution in [0.5, 0.6) is 0 Å². The molecule has 23 heavy (non-hydrogen) atoms. The van der Waals surface area contributed by atoms with Crippen LogP contribution in [0.2, 0.25) is 0 Å². The average Bonchev–Trinajstić information content (AvgIpc) is 2.55. The summed E-state index contributed by atoms with van der Waals surface area (Å²) in [5, 5.41) is 3.18. The fraction of sp³-hybridized carbons (Fsp3) is 0.222. The number of amides is 1. The Hall–Kier alpha value is -2.82. The Balaban J connectivity index is 2.16. The van der Waals surface area contributed by atoms with E-state index >= 15 is 0 Å². The van der Waals surface area contributed by atoms with Crippen LogP contribution in [0.3, 0.4) is 0 Å². The van der Waals surface area contributed by atoms with Gasteiger partial charge in [0, 0.05) is 19.8 Å². The van der Waals surface area contributed by atoms with E-state index in [2.05, 4.69) is 5.32 Å². The van der Waals surface area contributed by atoms with Gasteiger partial charge in [0.2, 0.25) is 0 Å². The zero-order chi connectivity index (χ0) is 16.8. The van der Waals surface area contributed by atoms with Crippen LogP contribution in [0.15, 0.2) is 54.6 Å². The predicted octanol–water partition coefficient (Wildman–Crippen LogP) is 3.06. The molecule has 120 valence electrons. The van der Waals surface area contributed by atoms with E-state index in [1.54, 1.807) is 39.2 Å². The lowest BCUT2D eigenvalue weighted by molar-refractivity contribution is -0.137. The third kappa shape index (κ3) is 4.32. The fourth-order valence-corrected chi connectivity index (χ4v) is 2.09. The molecule has 2 rings (SSSR count). The molecule has 0 aliphatic carbocycles. The second-order valence-corrected chi connectivity index (χ2v) is 5.32. The summed E-state index contributed by atoms with van der Waals surface area (Å²) in [7, 11) is 3.25. The number of likely N-dealkylation sites (N-methyl/N-ethyl adjacent to an activating group) is 1. The molecule has 1 amide bonds. The van der Waals surface area contributed by atoms with Gasteiger partial charge in [0.15, 0.2) is 6.10 Å². The average molecular weight is 312 g/mol. The van der Waals surface area contributed by atoms with Gasteiger partial charge in [0.25, 0.3) is 5.91 Å². The van der Waals surface area contributed by atoms with Crippen molar-refractivity contribution in [2.24, 2.45) is 0 Å². The largest absolute Gasteiger partial charge is 0.449 e. The van der Waals surface area contributed by atoms with Gasteiger partial charge in [-0.15, -0.1) is 0 Å². The smallest absolute Gasteiger partial charge is 0.341 e. The number of ether oxygens (including phenoxy) is 1. The lowest BCUT2D eigenvalue weighted by Crippen LogP contribution is -2.35. The van der Waals surface area contributed by atoms with Gasteiger partial charge < -0.3 is 15.0 Å². The van der Waals surface area contributed by atoms with E-state index in [0.717, 1.165) is 5.69 Å². The second kappa shape index (κ2) is 7.45. The monoisotopic (exact) mass is 312 g/mol. The first-order valence-electron chi connectivity index (χ1n) is 7.32. The van der Waals surface area contributed by atoms with Gasteiger partial charge in [0.05, 0.1) is 11.3 Å². The van der Waals surface area contributed by atoms with Gasteiger partial charge in [-0.3, -0.25) is 4.79 Å². The molecule has 5 nitrogen and oxygen atoms in total. The number of hydrogen-bond donors (Lipinski definition) is 1. The van der Waals surface area contributed by atoms with Crippen LogP contribution in [0.4, 0.5) is 11.4 Å². The van der Waals surface area contributed by atoms with E-state index in [-0.39, 0.29) is 5.91 Å². The highest BCUT2D eigenvalue weighted by molar-refractivity contribution is 5.98. The minimum Gasteiger partial charge on any atom is -0.449 e. The summed E-state index contributed by atoms with van der Waals surface area (Å²) in [6.07, 6.45) is -0.831. The highest BCUT2D eigenvalue weighted by Gasteiger charge is 2.21. The van der Waals surface area contributed by atoms with Crippen molar-refractivity contribution in [3.05, 3.63) is 60.2 Å². The number of benzene rings is 2. The number of nitrogens with one attached hydrogen (secondary N) is 1. The van der Waals surface area contributed by atoms with Crippen molar-refractivity contribution < 1.29 is 14.3 Å². The summed E-state index contributed by atoms with van der Waals surface area (Å²) in [4.78, 5) is 25.6. The van der Waals surface area contributed by atoms with Gasteiger partial charge in [-0.2, -0.15) is 0 Å². The predicted molar refractivity (Wildman–Crippen MR) is 89.7 cm³/mol. The van der Waals surface area contributed by atoms with Crippen LogP contribution in [-0.4, -0.2) is 37.0 Å². The molecule has 0 heterocycles. The minimum atomic E-state index is -0.831. The van der Waals surface area contributed by atoms with E-state index in [0.29, 0.717) is 11.3 Å². The number of anilines is 2. The Morgan fingerprint density at radius 1 is 1.00 bits per heavy atom. The van der Waals surface area contributed by atoms with Gasteiger partial charge in [-0.05, 0) is 31.2 Å². The fourth-order valence-electron chi connectivity index (χ4n) is 2.09. The maximum absolute atomic E-state index is 12.4. The molecule has 0 bridgehead atoms. The molecular formula is C18H20N2O3. The molecule has 0 saturated heterocycles. The molecular weight excluding hydrogens is 292 g/mol. The third-order valence-corrected chi connectivity index (χ3v) is 3.27. The Morgan fingerprint density at radius 3 is 2.26 bits per heavy atom. The summed E-state index contributed by atoms with van der Waals surface area (Å²) in [6.45, 7) is 1.56. The molecule has 0 saturated carbocycles. The Kier molecular flexibility index (Phi) is 5.36. The van der Waals surface area contributed by atoms with Crippen LogP contribution >= 0.6 is 0 Å². The molecule has 2 aromatic rings. The van der Waals surface area contributed by atoms with E-state index < -0.39 is 12.1 Å². The van der Waals surface area contributed by atoms with E-state index in [1.807, 2.05) is 36.4 Å². The Labute approximate surface area is 135 Å². The van der Waals surface area contributed by atoms with Gasteiger partial charge >= 0.3 is 5.97 Å². The molecule has 0 fully saturated rings. The van der Waals surface area contributed by atoms with Gasteiger partial charge in [-0.1, -0.05) is 30.3 Å². The molecule has 5 heteroatoms. The van der Waals surface area contributed by atoms with E-state index in [4.69, 9.17) is 4.74 Å². The Bertz CT molecular complexity index is 684. The number of carbonyl (C=O) groups is 2. The van der Waals surface area contributed by atoms with Gasteiger partial charge in [-0.25, -0.2) is 4.79 Å². The van der Waals surface area contributed by atoms with E-state index in [1.165, 1.54) is 4.90 Å². The number of rotatable bonds is 5. The van der Waals surface area contributed by atoms with Crippen molar-refractivity contribution in [2.45, 2.75) is 13.0 Å². The molecule has 0 aliphatic rings. The molecule has 1 atom stereocenters. The SMILES string of the molecule is C[C@H](OC(=O)c1ccccc1Nc1ccccc1)C(=O)N(C)C. The molecule has 1 N–H and O–H groups in total. The van der Waals surface area contributed by atoms with Crippen molar-refractivity contribution in [3.63, 3.8) is 0 Å². The normalized spacial score (nSPS) is 11.4. The molecule has 0 aromatic heterocycles. The third-order valence-electron chi connectivity index (χ3n) is 3.27. The number of nitrogens with zero attached hydrogens (tertiary/aromatic N) is 1. The topological polar surface area (TPSA) is 58.6 Å². The van der Waals surface area contributed by atoms with Crippen molar-refractivity contribution in [1.29, 1.82) is 0 Å². The number of hydrogen-bond acceptors (Lipinski definition) is 4. The summed E-state index contributed by atoms with van der Waals surface area (Å²) in [6, 6.07) is 16.6. The highest BCUT2D eigenvalue weighted by atomic mass is 16.5. The quantitative estimate of drug-likeness (QED) is 0.862. The lowest BCUT2D eigenvalue weighted by atomic mass is 10.1. The molecule has 0 unspecified atom stereocenters. The van der Waals surface area contributed by atoms with Crippen LogP contribution in [-0.2, 0) is 9.53 Å². The van der Waals surface area contributed by atoms with Crippen LogP contribution in [0.25, 0.3) is 0 Å². The highest BCUT2D eigenvalue weighted by Crippen LogP contribution is 2.21. The van der Waals surface area contributed by atoms with Crippen molar-refractivity contribution in [1.82, 2.24) is 4.90 Å². The maximum Gasteiger partial charge on any atom is 0.341 e. The first-order valence-corrected chi connectivity index (χ1v) is 7.32. The van der Waals surface area contributed by atoms with Crippen LogP contribution in [0, 0.1) is 0 Å². The van der Waals surface area contributed by atoms with Crippen LogP contribution < -0.4 is 5.32 Å². The molecule has 0 aliphatic heterocycles. The summed E-state index contributed by atoms with van der Waals surface area (Å²) in [5.41, 5.74) is 1.88. The minimum absolute atomic E-state index is 0.258. The molecule has 2 aromatic carbocycles. The molecule has 0 spiro atoms. The Morgan fingerprint density at radius 2 is 1.61 bits per heavy atom. The summed E-state index contributed by atoms with van der Waals surface area (Å²) < 4.78 is 5.27. The summed E-state index contributed by atoms with van der Waals surface area (Å²) in [5.74, 6) is -0.793. The number of esters is 1. The van der Waals surface area contributed by atoms with E-state index in [9.17, 15) is 9.59 Å². The molecule has 0 radical (unpaired) electrons. The van der Waals surface area contributed by atoms with Gasteiger partial charge in [0.1, 0.15) is 0 Å². The number of para-hydroxylation sites is 2. The lowest BCUT2D eigenvalue weighted by Gasteiger charge is -2.18. The standard InChI is InChI=1S/C18H20N2O3/c1-13(17(21)20(2)3)23-18(22)15-11-7-8-12-16(15)19-14-9-5-4-6-10-14/h4-13,19H,1-3H3/t13-/m0/s1. The van der Waals surface area contributed by atoms with Crippen molar-refractivity contribution in [2.75, 3.05) is 19.4 Å².